The van der Waals surface area contributed by atoms with Gasteiger partial charge in [0.2, 0.25) is 0 Å². The number of nitrogens with zero attached hydrogens (tertiary/aromatic N) is 1. The fourth-order valence-corrected chi connectivity index (χ4v) is 0.971. The van der Waals surface area contributed by atoms with Gasteiger partial charge in [-0.15, -0.1) is 0 Å². The van der Waals surface area contributed by atoms with Gasteiger partial charge in [0.1, 0.15) is 12.1 Å². The van der Waals surface area contributed by atoms with Crippen molar-refractivity contribution in [1.29, 1.82) is 0 Å². The van der Waals surface area contributed by atoms with E-state index in [2.05, 4.69) is 0 Å². The van der Waals surface area contributed by atoms with Crippen LogP contribution in [-0.2, 0) is 4.79 Å². The minimum absolute atomic E-state index is 0.00616. The second-order valence-corrected chi connectivity index (χ2v) is 2.67. The molecule has 0 aromatic heterocycles. The van der Waals surface area contributed by atoms with Gasteiger partial charge in [0, 0.05) is 18.6 Å². The highest BCUT2D eigenvalue weighted by Crippen LogP contribution is 2.27. The third kappa shape index (κ3) is 3.01. The first kappa shape index (κ1) is 11.1. The van der Waals surface area contributed by atoms with Gasteiger partial charge in [0.25, 0.3) is 0 Å². The summed E-state index contributed by atoms with van der Waals surface area (Å²) in [7, 11) is 0. The number of aldehydes is 1. The fourth-order valence-electron chi connectivity index (χ4n) is 0.971. The molecule has 0 bridgehead atoms. The van der Waals surface area contributed by atoms with Crippen LogP contribution in [0.3, 0.4) is 0 Å². The molecule has 1 aromatic carbocycles. The van der Waals surface area contributed by atoms with Gasteiger partial charge in [-0.05, 0) is 6.07 Å². The monoisotopic (exact) mass is 213 g/mol. The Balaban J connectivity index is 2.86. The van der Waals surface area contributed by atoms with Crippen LogP contribution in [0.1, 0.15) is 6.42 Å². The Morgan fingerprint density at radius 2 is 2.27 bits per heavy atom. The molecule has 5 nitrogen and oxygen atoms in total. The Morgan fingerprint density at radius 3 is 2.87 bits per heavy atom. The van der Waals surface area contributed by atoms with Crippen LogP contribution in [0, 0.1) is 15.9 Å². The van der Waals surface area contributed by atoms with E-state index >= 15 is 0 Å². The van der Waals surface area contributed by atoms with Crippen molar-refractivity contribution in [3.63, 3.8) is 0 Å². The summed E-state index contributed by atoms with van der Waals surface area (Å²) in [5, 5.41) is 10.5. The molecule has 0 amide bonds. The third-order valence-corrected chi connectivity index (χ3v) is 1.61. The lowest BCUT2D eigenvalue weighted by molar-refractivity contribution is -0.385. The Morgan fingerprint density at radius 1 is 1.53 bits per heavy atom. The summed E-state index contributed by atoms with van der Waals surface area (Å²) in [6.07, 6.45) is 0.721. The average Bonchev–Trinajstić information content (AvgIpc) is 2.18. The van der Waals surface area contributed by atoms with Crippen molar-refractivity contribution >= 4 is 12.0 Å². The van der Waals surface area contributed by atoms with E-state index in [1.807, 2.05) is 0 Å². The summed E-state index contributed by atoms with van der Waals surface area (Å²) in [5.74, 6) is -0.788. The number of benzene rings is 1. The molecule has 6 heteroatoms. The number of rotatable bonds is 5. The van der Waals surface area contributed by atoms with Gasteiger partial charge < -0.3 is 9.53 Å². The predicted octanol–water partition coefficient (Wildman–Crippen LogP) is 1.70. The molecule has 0 radical (unpaired) electrons. The summed E-state index contributed by atoms with van der Waals surface area (Å²) in [5.41, 5.74) is -0.317. The van der Waals surface area contributed by atoms with Crippen LogP contribution < -0.4 is 4.74 Å². The quantitative estimate of drug-likeness (QED) is 0.323. The highest BCUT2D eigenvalue weighted by Gasteiger charge is 2.15. The normalized spacial score (nSPS) is 9.67. The van der Waals surface area contributed by atoms with E-state index in [1.165, 1.54) is 0 Å². The number of carbonyl (C=O) groups excluding carboxylic acids is 1. The van der Waals surface area contributed by atoms with E-state index in [-0.39, 0.29) is 24.5 Å². The second-order valence-electron chi connectivity index (χ2n) is 2.67. The van der Waals surface area contributed by atoms with Gasteiger partial charge in [0.15, 0.2) is 5.75 Å². The third-order valence-electron chi connectivity index (χ3n) is 1.61. The topological polar surface area (TPSA) is 69.4 Å². The van der Waals surface area contributed by atoms with Crippen LogP contribution in [0.2, 0.25) is 0 Å². The number of ether oxygens (including phenoxy) is 1. The number of hydrogen-bond donors (Lipinski definition) is 0. The largest absolute Gasteiger partial charge is 0.486 e. The molecule has 0 spiro atoms. The maximum atomic E-state index is 12.7. The first-order valence-corrected chi connectivity index (χ1v) is 4.15. The standard InChI is InChI=1S/C9H8FNO4/c10-7-2-3-8(11(13)14)9(6-7)15-5-1-4-12/h2-4,6H,1,5H2. The van der Waals surface area contributed by atoms with Gasteiger partial charge in [-0.25, -0.2) is 4.39 Å². The summed E-state index contributed by atoms with van der Waals surface area (Å²) < 4.78 is 17.7. The molecular weight excluding hydrogens is 205 g/mol. The average molecular weight is 213 g/mol. The van der Waals surface area contributed by atoms with E-state index in [9.17, 15) is 19.3 Å². The zero-order valence-electron chi connectivity index (χ0n) is 7.68. The summed E-state index contributed by atoms with van der Waals surface area (Å²) in [4.78, 5) is 19.8. The maximum absolute atomic E-state index is 12.7. The zero-order chi connectivity index (χ0) is 11.3. The summed E-state index contributed by atoms with van der Waals surface area (Å²) in [6.45, 7) is -0.00616. The first-order valence-electron chi connectivity index (χ1n) is 4.15. The number of nitro benzene ring substituents is 1. The van der Waals surface area contributed by atoms with E-state index in [1.54, 1.807) is 0 Å². The lowest BCUT2D eigenvalue weighted by Crippen LogP contribution is -2.01. The van der Waals surface area contributed by atoms with Crippen LogP contribution in [0.4, 0.5) is 10.1 Å². The minimum atomic E-state index is -0.671. The van der Waals surface area contributed by atoms with E-state index < -0.39 is 10.7 Å². The van der Waals surface area contributed by atoms with Gasteiger partial charge in [0.05, 0.1) is 11.5 Å². The molecule has 0 heterocycles. The van der Waals surface area contributed by atoms with Crippen molar-refractivity contribution < 1.29 is 18.8 Å². The Kier molecular flexibility index (Phi) is 3.73. The van der Waals surface area contributed by atoms with Gasteiger partial charge >= 0.3 is 5.69 Å². The molecule has 0 aliphatic heterocycles. The molecule has 0 saturated carbocycles. The number of nitro groups is 1. The number of halogens is 1. The van der Waals surface area contributed by atoms with Gasteiger partial charge in [-0.1, -0.05) is 0 Å². The van der Waals surface area contributed by atoms with Crippen molar-refractivity contribution in [2.75, 3.05) is 6.61 Å². The van der Waals surface area contributed by atoms with E-state index in [0.29, 0.717) is 6.29 Å². The number of hydrogen-bond acceptors (Lipinski definition) is 4. The van der Waals surface area contributed by atoms with Crippen LogP contribution in [0.5, 0.6) is 5.75 Å². The van der Waals surface area contributed by atoms with E-state index in [4.69, 9.17) is 4.74 Å². The van der Waals surface area contributed by atoms with Crippen molar-refractivity contribution in [2.45, 2.75) is 6.42 Å². The molecule has 0 saturated heterocycles. The fraction of sp³-hybridized carbons (Fsp3) is 0.222. The predicted molar refractivity (Wildman–Crippen MR) is 49.2 cm³/mol. The van der Waals surface area contributed by atoms with Crippen molar-refractivity contribution in [3.8, 4) is 5.75 Å². The zero-order valence-corrected chi connectivity index (χ0v) is 7.68. The van der Waals surface area contributed by atoms with Crippen molar-refractivity contribution in [3.05, 3.63) is 34.1 Å². The molecule has 0 aliphatic rings. The highest BCUT2D eigenvalue weighted by molar-refractivity contribution is 5.50. The molecule has 0 N–H and O–H groups in total. The van der Waals surface area contributed by atoms with Crippen LogP contribution in [0.15, 0.2) is 18.2 Å². The molecule has 80 valence electrons. The van der Waals surface area contributed by atoms with Crippen LogP contribution in [-0.4, -0.2) is 17.8 Å². The summed E-state index contributed by atoms with van der Waals surface area (Å²) >= 11 is 0. The molecular formula is C9H8FNO4. The molecule has 15 heavy (non-hydrogen) atoms. The maximum Gasteiger partial charge on any atom is 0.311 e. The van der Waals surface area contributed by atoms with Crippen molar-refractivity contribution in [2.24, 2.45) is 0 Å². The van der Waals surface area contributed by atoms with Gasteiger partial charge in [-0.2, -0.15) is 0 Å². The molecule has 1 aromatic rings. The van der Waals surface area contributed by atoms with Crippen LogP contribution in [0.25, 0.3) is 0 Å². The summed E-state index contributed by atoms with van der Waals surface area (Å²) in [6, 6.07) is 2.92. The molecule has 0 atom stereocenters. The Hall–Kier alpha value is -1.98. The molecule has 0 fully saturated rings. The molecule has 1 rings (SSSR count). The SMILES string of the molecule is O=CCCOc1cc(F)ccc1[N+](=O)[O-]. The molecule has 0 unspecified atom stereocenters. The van der Waals surface area contributed by atoms with Crippen LogP contribution >= 0.6 is 0 Å². The molecule has 0 aliphatic carbocycles. The lowest BCUT2D eigenvalue weighted by atomic mass is 10.3. The second kappa shape index (κ2) is 5.04. The smallest absolute Gasteiger partial charge is 0.311 e. The highest BCUT2D eigenvalue weighted by atomic mass is 19.1. The minimum Gasteiger partial charge on any atom is -0.486 e. The Bertz CT molecular complexity index is 380. The first-order chi connectivity index (χ1) is 7.15. The lowest BCUT2D eigenvalue weighted by Gasteiger charge is -2.04. The van der Waals surface area contributed by atoms with Gasteiger partial charge in [-0.3, -0.25) is 10.1 Å². The van der Waals surface area contributed by atoms with Crippen molar-refractivity contribution in [1.82, 2.24) is 0 Å². The Labute approximate surface area is 84.6 Å². The van der Waals surface area contributed by atoms with E-state index in [0.717, 1.165) is 18.2 Å². The number of carbonyl (C=O) groups is 1.